The van der Waals surface area contributed by atoms with Gasteiger partial charge in [0, 0.05) is 36.8 Å². The van der Waals surface area contributed by atoms with Crippen LogP contribution in [0.15, 0.2) is 30.6 Å². The first-order chi connectivity index (χ1) is 8.84. The molecular formula is C14H17N3O. The molecule has 1 fully saturated rings. The lowest BCUT2D eigenvalue weighted by molar-refractivity contribution is -0.122. The average molecular weight is 243 g/mol. The first-order valence-corrected chi connectivity index (χ1v) is 6.52. The van der Waals surface area contributed by atoms with Crippen molar-refractivity contribution in [3.05, 3.63) is 30.6 Å². The molecule has 0 atom stereocenters. The van der Waals surface area contributed by atoms with Crippen LogP contribution in [0.4, 0.5) is 0 Å². The Morgan fingerprint density at radius 1 is 1.44 bits per heavy atom. The molecule has 0 aliphatic heterocycles. The fourth-order valence-corrected chi connectivity index (χ4v) is 2.15. The Morgan fingerprint density at radius 3 is 3.17 bits per heavy atom. The van der Waals surface area contributed by atoms with Gasteiger partial charge in [-0.1, -0.05) is 0 Å². The Labute approximate surface area is 106 Å². The van der Waals surface area contributed by atoms with E-state index < -0.39 is 0 Å². The van der Waals surface area contributed by atoms with E-state index in [-0.39, 0.29) is 5.91 Å². The molecule has 0 spiro atoms. The van der Waals surface area contributed by atoms with Crippen LogP contribution >= 0.6 is 0 Å². The van der Waals surface area contributed by atoms with Crippen LogP contribution in [0.2, 0.25) is 0 Å². The smallest absolute Gasteiger partial charge is 0.223 e. The first kappa shape index (κ1) is 11.3. The zero-order valence-corrected chi connectivity index (χ0v) is 10.3. The molecule has 1 aliphatic carbocycles. The predicted molar refractivity (Wildman–Crippen MR) is 70.1 cm³/mol. The van der Waals surface area contributed by atoms with Crippen molar-refractivity contribution in [1.29, 1.82) is 0 Å². The number of pyridine rings is 1. The van der Waals surface area contributed by atoms with Crippen molar-refractivity contribution in [1.82, 2.24) is 14.9 Å². The monoisotopic (exact) mass is 243 g/mol. The number of hydrogen-bond acceptors (Lipinski definition) is 2. The van der Waals surface area contributed by atoms with Crippen LogP contribution in [0.5, 0.6) is 0 Å². The van der Waals surface area contributed by atoms with Crippen molar-refractivity contribution in [2.75, 3.05) is 6.54 Å². The van der Waals surface area contributed by atoms with Gasteiger partial charge < -0.3 is 9.88 Å². The van der Waals surface area contributed by atoms with Crippen molar-refractivity contribution in [2.24, 2.45) is 5.92 Å². The normalized spacial score (nSPS) is 14.9. The number of nitrogens with one attached hydrogen (secondary N) is 1. The van der Waals surface area contributed by atoms with Crippen molar-refractivity contribution >= 4 is 16.9 Å². The Bertz CT molecular complexity index is 557. The molecule has 0 saturated heterocycles. The largest absolute Gasteiger partial charge is 0.356 e. The zero-order chi connectivity index (χ0) is 12.4. The minimum atomic E-state index is 0.227. The third-order valence-electron chi connectivity index (χ3n) is 3.35. The molecule has 94 valence electrons. The van der Waals surface area contributed by atoms with Gasteiger partial charge in [-0.2, -0.15) is 0 Å². The standard InChI is InChI=1S/C14H17N3O/c18-14(12-4-5-12)16-8-2-9-17-10-6-11-3-1-7-15-13(11)17/h1,3,6-7,10,12H,2,4-5,8-9H2,(H,16,18). The van der Waals surface area contributed by atoms with Gasteiger partial charge in [-0.15, -0.1) is 0 Å². The molecule has 2 aromatic rings. The van der Waals surface area contributed by atoms with E-state index in [1.807, 2.05) is 12.3 Å². The molecule has 18 heavy (non-hydrogen) atoms. The van der Waals surface area contributed by atoms with Crippen LogP contribution in [-0.4, -0.2) is 22.0 Å². The highest BCUT2D eigenvalue weighted by Gasteiger charge is 2.28. The van der Waals surface area contributed by atoms with Crippen LogP contribution in [0.1, 0.15) is 19.3 Å². The minimum absolute atomic E-state index is 0.227. The molecule has 1 aliphatic rings. The molecule has 2 aromatic heterocycles. The van der Waals surface area contributed by atoms with Gasteiger partial charge in [0.05, 0.1) is 0 Å². The molecule has 1 N–H and O–H groups in total. The highest BCUT2D eigenvalue weighted by atomic mass is 16.2. The summed E-state index contributed by atoms with van der Waals surface area (Å²) in [7, 11) is 0. The van der Waals surface area contributed by atoms with Gasteiger partial charge in [-0.05, 0) is 37.5 Å². The van der Waals surface area contributed by atoms with Gasteiger partial charge in [0.2, 0.25) is 5.91 Å². The maximum Gasteiger partial charge on any atom is 0.223 e. The van der Waals surface area contributed by atoms with Crippen molar-refractivity contribution in [3.8, 4) is 0 Å². The minimum Gasteiger partial charge on any atom is -0.356 e. The Morgan fingerprint density at radius 2 is 2.33 bits per heavy atom. The molecule has 0 bridgehead atoms. The second-order valence-electron chi connectivity index (χ2n) is 4.84. The van der Waals surface area contributed by atoms with Crippen molar-refractivity contribution in [3.63, 3.8) is 0 Å². The second kappa shape index (κ2) is 4.80. The highest BCUT2D eigenvalue weighted by molar-refractivity contribution is 5.80. The van der Waals surface area contributed by atoms with Gasteiger partial charge >= 0.3 is 0 Å². The third-order valence-corrected chi connectivity index (χ3v) is 3.35. The van der Waals surface area contributed by atoms with E-state index >= 15 is 0 Å². The summed E-state index contributed by atoms with van der Waals surface area (Å²) in [5.41, 5.74) is 1.02. The van der Waals surface area contributed by atoms with Crippen molar-refractivity contribution in [2.45, 2.75) is 25.8 Å². The van der Waals surface area contributed by atoms with E-state index in [1.165, 1.54) is 5.39 Å². The average Bonchev–Trinajstić information content (AvgIpc) is 3.17. The lowest BCUT2D eigenvalue weighted by Crippen LogP contribution is -2.26. The SMILES string of the molecule is O=C(NCCCn1ccc2cccnc21)C1CC1. The molecule has 2 heterocycles. The number of aromatic nitrogens is 2. The summed E-state index contributed by atoms with van der Waals surface area (Å²) in [6.45, 7) is 1.65. The third kappa shape index (κ3) is 2.37. The van der Waals surface area contributed by atoms with Crippen LogP contribution in [0.25, 0.3) is 11.0 Å². The van der Waals surface area contributed by atoms with E-state index in [0.717, 1.165) is 38.0 Å². The summed E-state index contributed by atoms with van der Waals surface area (Å²) in [4.78, 5) is 15.8. The molecule has 3 rings (SSSR count). The molecule has 4 nitrogen and oxygen atoms in total. The van der Waals surface area contributed by atoms with Crippen LogP contribution < -0.4 is 5.32 Å². The maximum atomic E-state index is 11.4. The van der Waals surface area contributed by atoms with E-state index in [4.69, 9.17) is 0 Å². The maximum absolute atomic E-state index is 11.4. The van der Waals surface area contributed by atoms with Crippen LogP contribution in [0.3, 0.4) is 0 Å². The van der Waals surface area contributed by atoms with E-state index in [9.17, 15) is 4.79 Å². The fraction of sp³-hybridized carbons (Fsp3) is 0.429. The Kier molecular flexibility index (Phi) is 3.00. The first-order valence-electron chi connectivity index (χ1n) is 6.52. The quantitative estimate of drug-likeness (QED) is 0.816. The Hall–Kier alpha value is -1.84. The molecule has 0 aromatic carbocycles. The molecule has 1 saturated carbocycles. The summed E-state index contributed by atoms with van der Waals surface area (Å²) in [5.74, 6) is 0.532. The summed E-state index contributed by atoms with van der Waals surface area (Å²) >= 11 is 0. The van der Waals surface area contributed by atoms with E-state index in [1.54, 1.807) is 0 Å². The Balaban J connectivity index is 1.52. The van der Waals surface area contributed by atoms with Gasteiger partial charge in [0.15, 0.2) is 0 Å². The second-order valence-corrected chi connectivity index (χ2v) is 4.84. The number of rotatable bonds is 5. The van der Waals surface area contributed by atoms with Gasteiger partial charge in [-0.3, -0.25) is 4.79 Å². The molecule has 1 amide bonds. The summed E-state index contributed by atoms with van der Waals surface area (Å²) < 4.78 is 2.14. The summed E-state index contributed by atoms with van der Waals surface area (Å²) in [6, 6.07) is 6.08. The molecular weight excluding hydrogens is 226 g/mol. The number of amides is 1. The summed E-state index contributed by atoms with van der Waals surface area (Å²) in [6.07, 6.45) is 6.95. The van der Waals surface area contributed by atoms with Gasteiger partial charge in [-0.25, -0.2) is 4.98 Å². The zero-order valence-electron chi connectivity index (χ0n) is 10.3. The van der Waals surface area contributed by atoms with Gasteiger partial charge in [0.1, 0.15) is 5.65 Å². The number of carbonyl (C=O) groups excluding carboxylic acids is 1. The fourth-order valence-electron chi connectivity index (χ4n) is 2.15. The molecule has 0 unspecified atom stereocenters. The highest BCUT2D eigenvalue weighted by Crippen LogP contribution is 2.28. The van der Waals surface area contributed by atoms with Crippen molar-refractivity contribution < 1.29 is 4.79 Å². The summed E-state index contributed by atoms with van der Waals surface area (Å²) in [5, 5.41) is 4.15. The number of nitrogens with zero attached hydrogens (tertiary/aromatic N) is 2. The van der Waals surface area contributed by atoms with Gasteiger partial charge in [0.25, 0.3) is 0 Å². The number of carbonyl (C=O) groups is 1. The lowest BCUT2D eigenvalue weighted by Gasteiger charge is -2.06. The number of hydrogen-bond donors (Lipinski definition) is 1. The molecule has 4 heteroatoms. The van der Waals surface area contributed by atoms with E-state index in [0.29, 0.717) is 5.92 Å². The van der Waals surface area contributed by atoms with Crippen LogP contribution in [0, 0.1) is 5.92 Å². The number of aryl methyl sites for hydroxylation is 1. The number of fused-ring (bicyclic) bond motifs is 1. The molecule has 0 radical (unpaired) electrons. The predicted octanol–water partition coefficient (Wildman–Crippen LogP) is 1.95. The topological polar surface area (TPSA) is 46.9 Å². The van der Waals surface area contributed by atoms with E-state index in [2.05, 4.69) is 33.2 Å². The lowest BCUT2D eigenvalue weighted by atomic mass is 10.3. The van der Waals surface area contributed by atoms with Crippen LogP contribution in [-0.2, 0) is 11.3 Å².